The second-order valence-corrected chi connectivity index (χ2v) is 7.12. The van der Waals surface area contributed by atoms with Crippen LogP contribution >= 0.6 is 0 Å². The molecule has 0 bridgehead atoms. The lowest BCUT2D eigenvalue weighted by Gasteiger charge is -2.08. The maximum atomic E-state index is 12.3. The second-order valence-electron chi connectivity index (χ2n) is 5.39. The summed E-state index contributed by atoms with van der Waals surface area (Å²) in [6.45, 7) is 3.78. The second kappa shape index (κ2) is 8.56. The number of sulfonamides is 1. The van der Waals surface area contributed by atoms with Crippen molar-refractivity contribution in [2.75, 3.05) is 20.3 Å². The molecular formula is C19H21NO4S. The van der Waals surface area contributed by atoms with Crippen molar-refractivity contribution in [3.05, 3.63) is 53.6 Å². The van der Waals surface area contributed by atoms with Crippen molar-refractivity contribution >= 4 is 10.0 Å². The maximum absolute atomic E-state index is 12.3. The number of benzene rings is 2. The summed E-state index contributed by atoms with van der Waals surface area (Å²) in [4.78, 5) is 0.277. The molecule has 2 aromatic rings. The molecule has 0 unspecified atom stereocenters. The Morgan fingerprint density at radius 3 is 2.48 bits per heavy atom. The highest BCUT2D eigenvalue weighted by atomic mass is 32.2. The fourth-order valence-electron chi connectivity index (χ4n) is 2.17. The summed E-state index contributed by atoms with van der Waals surface area (Å²) in [6.07, 6.45) is 0. The average Bonchev–Trinajstić information content (AvgIpc) is 2.60. The number of hydrogen-bond donors (Lipinski definition) is 1. The van der Waals surface area contributed by atoms with Crippen LogP contribution in [0.5, 0.6) is 11.5 Å². The third-order valence-corrected chi connectivity index (χ3v) is 5.02. The van der Waals surface area contributed by atoms with Crippen LogP contribution in [-0.2, 0) is 10.0 Å². The Kier molecular flexibility index (Phi) is 6.45. The molecule has 0 aliphatic heterocycles. The molecule has 0 aliphatic carbocycles. The van der Waals surface area contributed by atoms with Gasteiger partial charge in [0.2, 0.25) is 10.0 Å². The van der Waals surface area contributed by atoms with E-state index in [0.29, 0.717) is 17.1 Å². The number of para-hydroxylation sites is 2. The molecule has 1 N–H and O–H groups in total. The van der Waals surface area contributed by atoms with Crippen LogP contribution in [-0.4, -0.2) is 28.7 Å². The lowest BCUT2D eigenvalue weighted by molar-refractivity contribution is 0.331. The summed E-state index contributed by atoms with van der Waals surface area (Å²) >= 11 is 0. The van der Waals surface area contributed by atoms with Crippen molar-refractivity contribution in [1.29, 1.82) is 0 Å². The van der Waals surface area contributed by atoms with Crippen molar-refractivity contribution in [2.45, 2.75) is 18.7 Å². The quantitative estimate of drug-likeness (QED) is 0.806. The van der Waals surface area contributed by atoms with Gasteiger partial charge in [-0.3, -0.25) is 0 Å². The first-order valence-electron chi connectivity index (χ1n) is 7.72. The van der Waals surface area contributed by atoms with Gasteiger partial charge in [-0.25, -0.2) is 8.42 Å². The minimum absolute atomic E-state index is 0.0188. The zero-order chi connectivity index (χ0) is 18.3. The number of ether oxygens (including phenoxy) is 2. The summed E-state index contributed by atoms with van der Waals surface area (Å²) in [5.74, 6) is 6.75. The number of aryl methyl sites for hydroxylation is 2. The number of hydrogen-bond acceptors (Lipinski definition) is 4. The lowest BCUT2D eigenvalue weighted by Crippen LogP contribution is -2.24. The molecule has 0 aliphatic rings. The zero-order valence-corrected chi connectivity index (χ0v) is 15.3. The van der Waals surface area contributed by atoms with Crippen LogP contribution < -0.4 is 14.2 Å². The summed E-state index contributed by atoms with van der Waals surface area (Å²) in [6, 6.07) is 12.6. The van der Waals surface area contributed by atoms with E-state index in [4.69, 9.17) is 9.47 Å². The maximum Gasteiger partial charge on any atom is 0.241 e. The topological polar surface area (TPSA) is 64.6 Å². The van der Waals surface area contributed by atoms with Gasteiger partial charge >= 0.3 is 0 Å². The van der Waals surface area contributed by atoms with Crippen LogP contribution in [0.3, 0.4) is 0 Å². The highest BCUT2D eigenvalue weighted by Crippen LogP contribution is 2.25. The predicted molar refractivity (Wildman–Crippen MR) is 97.4 cm³/mol. The molecule has 0 aromatic heterocycles. The summed E-state index contributed by atoms with van der Waals surface area (Å²) in [5, 5.41) is 0. The lowest BCUT2D eigenvalue weighted by atomic mass is 10.2. The molecule has 0 fully saturated rings. The smallest absolute Gasteiger partial charge is 0.241 e. The van der Waals surface area contributed by atoms with Crippen molar-refractivity contribution in [3.8, 4) is 23.3 Å². The van der Waals surface area contributed by atoms with Gasteiger partial charge in [-0.1, -0.05) is 36.1 Å². The molecule has 0 saturated heterocycles. The Balaban J connectivity index is 1.90. The van der Waals surface area contributed by atoms with Gasteiger partial charge in [0.15, 0.2) is 11.5 Å². The van der Waals surface area contributed by atoms with E-state index in [1.54, 1.807) is 38.3 Å². The molecule has 25 heavy (non-hydrogen) atoms. The fourth-order valence-corrected chi connectivity index (χ4v) is 3.42. The van der Waals surface area contributed by atoms with Crippen LogP contribution in [0.15, 0.2) is 47.4 Å². The van der Waals surface area contributed by atoms with Crippen molar-refractivity contribution < 1.29 is 17.9 Å². The normalized spacial score (nSPS) is 10.7. The molecule has 2 rings (SSSR count). The molecule has 0 amide bonds. The van der Waals surface area contributed by atoms with Gasteiger partial charge in [0.05, 0.1) is 18.6 Å². The van der Waals surface area contributed by atoms with Crippen molar-refractivity contribution in [2.24, 2.45) is 0 Å². The van der Waals surface area contributed by atoms with E-state index in [1.165, 1.54) is 0 Å². The predicted octanol–water partition coefficient (Wildman–Crippen LogP) is 2.67. The molecule has 132 valence electrons. The minimum Gasteiger partial charge on any atom is -0.493 e. The summed E-state index contributed by atoms with van der Waals surface area (Å²) in [7, 11) is -2.01. The first kappa shape index (κ1) is 18.8. The third-order valence-electron chi connectivity index (χ3n) is 3.48. The SMILES string of the molecule is COc1ccccc1OCC#CCNS(=O)(=O)c1cc(C)ccc1C. The zero-order valence-electron chi connectivity index (χ0n) is 14.5. The molecule has 0 heterocycles. The molecule has 5 nitrogen and oxygen atoms in total. The molecule has 0 saturated carbocycles. The van der Waals surface area contributed by atoms with Gasteiger partial charge in [-0.2, -0.15) is 4.72 Å². The number of nitrogens with one attached hydrogen (secondary N) is 1. The van der Waals surface area contributed by atoms with Crippen molar-refractivity contribution in [3.63, 3.8) is 0 Å². The van der Waals surface area contributed by atoms with E-state index >= 15 is 0 Å². The van der Waals surface area contributed by atoms with Crippen LogP contribution in [0.1, 0.15) is 11.1 Å². The first-order chi connectivity index (χ1) is 11.9. The minimum atomic E-state index is -3.58. The van der Waals surface area contributed by atoms with Gasteiger partial charge in [-0.15, -0.1) is 0 Å². The Hall–Kier alpha value is -2.49. The monoisotopic (exact) mass is 359 g/mol. The van der Waals surface area contributed by atoms with E-state index in [9.17, 15) is 8.42 Å². The van der Waals surface area contributed by atoms with Crippen LogP contribution in [0.2, 0.25) is 0 Å². The Labute approximate surface area is 149 Å². The van der Waals surface area contributed by atoms with Gasteiger partial charge in [-0.05, 0) is 43.2 Å². The van der Waals surface area contributed by atoms with E-state index in [-0.39, 0.29) is 18.0 Å². The van der Waals surface area contributed by atoms with Gasteiger partial charge in [0.1, 0.15) is 6.61 Å². The van der Waals surface area contributed by atoms with Crippen LogP contribution in [0.4, 0.5) is 0 Å². The highest BCUT2D eigenvalue weighted by molar-refractivity contribution is 7.89. The van der Waals surface area contributed by atoms with Crippen LogP contribution in [0, 0.1) is 25.7 Å². The van der Waals surface area contributed by atoms with E-state index < -0.39 is 10.0 Å². The molecule has 0 spiro atoms. The fraction of sp³-hybridized carbons (Fsp3) is 0.263. The molecular weight excluding hydrogens is 338 g/mol. The van der Waals surface area contributed by atoms with Gasteiger partial charge in [0, 0.05) is 0 Å². The van der Waals surface area contributed by atoms with E-state index in [1.807, 2.05) is 25.1 Å². The van der Waals surface area contributed by atoms with Gasteiger partial charge < -0.3 is 9.47 Å². The third kappa shape index (κ3) is 5.24. The first-order valence-corrected chi connectivity index (χ1v) is 9.21. The molecule has 0 atom stereocenters. The van der Waals surface area contributed by atoms with Gasteiger partial charge in [0.25, 0.3) is 0 Å². The number of rotatable bonds is 6. The summed E-state index contributed by atoms with van der Waals surface area (Å²) in [5.41, 5.74) is 1.59. The standard InChI is InChI=1S/C19H21NO4S/c1-15-10-11-16(2)19(14-15)25(21,22)20-12-6-7-13-24-18-9-5-4-8-17(18)23-3/h4-5,8-11,14,20H,12-13H2,1-3H3. The Morgan fingerprint density at radius 1 is 1.04 bits per heavy atom. The van der Waals surface area contributed by atoms with E-state index in [2.05, 4.69) is 16.6 Å². The molecule has 0 radical (unpaired) electrons. The molecule has 6 heteroatoms. The highest BCUT2D eigenvalue weighted by Gasteiger charge is 2.15. The Bertz CT molecular complexity index is 895. The average molecular weight is 359 g/mol. The number of methoxy groups -OCH3 is 1. The van der Waals surface area contributed by atoms with E-state index in [0.717, 1.165) is 5.56 Å². The van der Waals surface area contributed by atoms with Crippen LogP contribution in [0.25, 0.3) is 0 Å². The Morgan fingerprint density at radius 2 is 1.76 bits per heavy atom. The van der Waals surface area contributed by atoms with Crippen molar-refractivity contribution in [1.82, 2.24) is 4.72 Å². The largest absolute Gasteiger partial charge is 0.493 e. The summed E-state index contributed by atoms with van der Waals surface area (Å²) < 4.78 is 37.8. The molecule has 2 aromatic carbocycles.